The second-order valence-electron chi connectivity index (χ2n) is 3.78. The minimum Gasteiger partial charge on any atom is -0.353 e. The lowest BCUT2D eigenvalue weighted by Gasteiger charge is -2.16. The van der Waals surface area contributed by atoms with E-state index in [9.17, 15) is 0 Å². The third-order valence-corrected chi connectivity index (χ3v) is 2.39. The van der Waals surface area contributed by atoms with Gasteiger partial charge in [0.05, 0.1) is 0 Å². The summed E-state index contributed by atoms with van der Waals surface area (Å²) in [4.78, 5) is 0. The summed E-state index contributed by atoms with van der Waals surface area (Å²) < 4.78 is 10.9. The molecule has 84 valence electrons. The van der Waals surface area contributed by atoms with Crippen molar-refractivity contribution in [2.75, 3.05) is 26.3 Å². The highest BCUT2D eigenvalue weighted by atomic mass is 16.7. The summed E-state index contributed by atoms with van der Waals surface area (Å²) in [6.45, 7) is 7.64. The molecule has 0 unspecified atom stereocenters. The second kappa shape index (κ2) is 7.21. The lowest BCUT2D eigenvalue weighted by atomic mass is 10.3. The van der Waals surface area contributed by atoms with E-state index in [4.69, 9.17) is 9.47 Å². The molecule has 0 amide bonds. The van der Waals surface area contributed by atoms with E-state index in [1.54, 1.807) is 0 Å². The molecule has 3 heteroatoms. The van der Waals surface area contributed by atoms with E-state index in [1.807, 2.05) is 13.8 Å². The summed E-state index contributed by atoms with van der Waals surface area (Å²) in [5.41, 5.74) is 0. The van der Waals surface area contributed by atoms with Gasteiger partial charge in [0.25, 0.3) is 0 Å². The van der Waals surface area contributed by atoms with Crippen molar-refractivity contribution in [2.45, 2.75) is 39.4 Å². The molecule has 0 aliphatic heterocycles. The molecule has 0 aromatic rings. The fourth-order valence-corrected chi connectivity index (χ4v) is 1.43. The van der Waals surface area contributed by atoms with Crippen molar-refractivity contribution in [2.24, 2.45) is 5.92 Å². The first-order valence-corrected chi connectivity index (χ1v) is 5.80. The van der Waals surface area contributed by atoms with Crippen LogP contribution in [0.2, 0.25) is 0 Å². The van der Waals surface area contributed by atoms with Gasteiger partial charge in [0.1, 0.15) is 0 Å². The highest BCUT2D eigenvalue weighted by molar-refractivity contribution is 4.75. The Morgan fingerprint density at radius 3 is 2.36 bits per heavy atom. The number of rotatable bonds is 9. The summed E-state index contributed by atoms with van der Waals surface area (Å²) in [5, 5.41) is 3.43. The van der Waals surface area contributed by atoms with Gasteiger partial charge >= 0.3 is 0 Å². The largest absolute Gasteiger partial charge is 0.353 e. The number of ether oxygens (including phenoxy) is 2. The maximum atomic E-state index is 5.44. The third-order valence-electron chi connectivity index (χ3n) is 2.39. The molecule has 0 heterocycles. The van der Waals surface area contributed by atoms with Gasteiger partial charge in [-0.25, -0.2) is 0 Å². The minimum atomic E-state index is -0.0169. The second-order valence-corrected chi connectivity index (χ2v) is 3.78. The van der Waals surface area contributed by atoms with Crippen LogP contribution in [0.15, 0.2) is 0 Å². The van der Waals surface area contributed by atoms with Crippen LogP contribution in [0.25, 0.3) is 0 Å². The van der Waals surface area contributed by atoms with E-state index in [0.717, 1.165) is 32.1 Å². The van der Waals surface area contributed by atoms with Crippen LogP contribution in [-0.2, 0) is 9.47 Å². The summed E-state index contributed by atoms with van der Waals surface area (Å²) >= 11 is 0. The van der Waals surface area contributed by atoms with E-state index in [2.05, 4.69) is 5.32 Å². The molecule has 3 nitrogen and oxygen atoms in total. The molecule has 0 radical (unpaired) electrons. The van der Waals surface area contributed by atoms with Crippen LogP contribution in [0.5, 0.6) is 0 Å². The molecule has 1 aliphatic rings. The van der Waals surface area contributed by atoms with Crippen LogP contribution >= 0.6 is 0 Å². The standard InChI is InChI=1S/C11H23NO2/c1-3-13-11(14-4-2)7-8-12-9-10-5-6-10/h10-12H,3-9H2,1-2H3. The van der Waals surface area contributed by atoms with Crippen LogP contribution in [0, 0.1) is 5.92 Å². The first-order valence-electron chi connectivity index (χ1n) is 5.80. The molecule has 0 aromatic heterocycles. The Kier molecular flexibility index (Phi) is 6.15. The van der Waals surface area contributed by atoms with Crippen LogP contribution in [0.4, 0.5) is 0 Å². The molecule has 1 aliphatic carbocycles. The summed E-state index contributed by atoms with van der Waals surface area (Å²) in [7, 11) is 0. The Morgan fingerprint density at radius 1 is 1.21 bits per heavy atom. The minimum absolute atomic E-state index is 0.0169. The average Bonchev–Trinajstić information content (AvgIpc) is 2.96. The van der Waals surface area contributed by atoms with Gasteiger partial charge in [0, 0.05) is 19.6 Å². The monoisotopic (exact) mass is 201 g/mol. The summed E-state index contributed by atoms with van der Waals surface area (Å²) in [6.07, 6.45) is 3.76. The Balaban J connectivity index is 1.93. The highest BCUT2D eigenvalue weighted by Gasteiger charge is 2.20. The van der Waals surface area contributed by atoms with Crippen LogP contribution < -0.4 is 5.32 Å². The van der Waals surface area contributed by atoms with Crippen molar-refractivity contribution in [3.05, 3.63) is 0 Å². The number of hydrogen-bond donors (Lipinski definition) is 1. The molecule has 0 saturated heterocycles. The Bertz CT molecular complexity index is 131. The molecule has 0 aromatic carbocycles. The first-order chi connectivity index (χ1) is 6.86. The Hall–Kier alpha value is -0.120. The molecule has 1 rings (SSSR count). The zero-order valence-corrected chi connectivity index (χ0v) is 9.42. The van der Waals surface area contributed by atoms with Gasteiger partial charge in [0.15, 0.2) is 6.29 Å². The zero-order chi connectivity index (χ0) is 10.2. The third kappa shape index (κ3) is 5.58. The molecule has 0 bridgehead atoms. The number of nitrogens with one attached hydrogen (secondary N) is 1. The normalized spacial score (nSPS) is 16.5. The van der Waals surface area contributed by atoms with Crippen LogP contribution in [0.3, 0.4) is 0 Å². The van der Waals surface area contributed by atoms with Crippen molar-refractivity contribution >= 4 is 0 Å². The highest BCUT2D eigenvalue weighted by Crippen LogP contribution is 2.27. The fraction of sp³-hybridized carbons (Fsp3) is 1.00. The predicted octanol–water partition coefficient (Wildman–Crippen LogP) is 1.78. The lowest BCUT2D eigenvalue weighted by Crippen LogP contribution is -2.26. The van der Waals surface area contributed by atoms with E-state index in [0.29, 0.717) is 0 Å². The van der Waals surface area contributed by atoms with E-state index >= 15 is 0 Å². The lowest BCUT2D eigenvalue weighted by molar-refractivity contribution is -0.138. The summed E-state index contributed by atoms with van der Waals surface area (Å²) in [6, 6.07) is 0. The van der Waals surface area contributed by atoms with Gasteiger partial charge < -0.3 is 14.8 Å². The van der Waals surface area contributed by atoms with Crippen molar-refractivity contribution in [3.8, 4) is 0 Å². The predicted molar refractivity (Wildman–Crippen MR) is 57.3 cm³/mol. The van der Waals surface area contributed by atoms with Gasteiger partial charge in [-0.1, -0.05) is 0 Å². The Labute approximate surface area is 87.2 Å². The molecule has 0 atom stereocenters. The molecule has 1 fully saturated rings. The molecular weight excluding hydrogens is 178 g/mol. The van der Waals surface area contributed by atoms with Crippen molar-refractivity contribution in [3.63, 3.8) is 0 Å². The molecule has 1 saturated carbocycles. The topological polar surface area (TPSA) is 30.5 Å². The maximum Gasteiger partial charge on any atom is 0.158 e. The van der Waals surface area contributed by atoms with E-state index < -0.39 is 0 Å². The van der Waals surface area contributed by atoms with Gasteiger partial charge in [-0.05, 0) is 45.7 Å². The van der Waals surface area contributed by atoms with Crippen LogP contribution in [0.1, 0.15) is 33.1 Å². The SMILES string of the molecule is CCOC(CCNCC1CC1)OCC. The molecule has 1 N–H and O–H groups in total. The van der Waals surface area contributed by atoms with E-state index in [-0.39, 0.29) is 6.29 Å². The van der Waals surface area contributed by atoms with Crippen molar-refractivity contribution < 1.29 is 9.47 Å². The van der Waals surface area contributed by atoms with Crippen molar-refractivity contribution in [1.29, 1.82) is 0 Å². The maximum absolute atomic E-state index is 5.44. The molecular formula is C11H23NO2. The number of hydrogen-bond acceptors (Lipinski definition) is 3. The van der Waals surface area contributed by atoms with Crippen molar-refractivity contribution in [1.82, 2.24) is 5.32 Å². The van der Waals surface area contributed by atoms with Gasteiger partial charge in [-0.15, -0.1) is 0 Å². The van der Waals surface area contributed by atoms with Gasteiger partial charge in [0.2, 0.25) is 0 Å². The zero-order valence-electron chi connectivity index (χ0n) is 9.42. The quantitative estimate of drug-likeness (QED) is 0.455. The van der Waals surface area contributed by atoms with E-state index in [1.165, 1.54) is 19.4 Å². The fourth-order valence-electron chi connectivity index (χ4n) is 1.43. The van der Waals surface area contributed by atoms with Gasteiger partial charge in [-0.2, -0.15) is 0 Å². The smallest absolute Gasteiger partial charge is 0.158 e. The average molecular weight is 201 g/mol. The Morgan fingerprint density at radius 2 is 1.86 bits per heavy atom. The molecule has 0 spiro atoms. The van der Waals surface area contributed by atoms with Crippen LogP contribution in [-0.4, -0.2) is 32.6 Å². The first kappa shape index (κ1) is 12.0. The molecule has 14 heavy (non-hydrogen) atoms. The summed E-state index contributed by atoms with van der Waals surface area (Å²) in [5.74, 6) is 0.952. The van der Waals surface area contributed by atoms with Gasteiger partial charge in [-0.3, -0.25) is 0 Å².